The Morgan fingerprint density at radius 2 is 2.05 bits per heavy atom. The molecule has 6 heteroatoms. The van der Waals surface area contributed by atoms with Gasteiger partial charge in [-0.15, -0.1) is 0 Å². The summed E-state index contributed by atoms with van der Waals surface area (Å²) < 4.78 is 0.724. The van der Waals surface area contributed by atoms with Crippen LogP contribution in [0.1, 0.15) is 46.9 Å². The highest BCUT2D eigenvalue weighted by molar-refractivity contribution is 9.10. The maximum Gasteiger partial charge on any atom is 0.242 e. The van der Waals surface area contributed by atoms with Crippen molar-refractivity contribution in [2.75, 3.05) is 5.32 Å². The van der Waals surface area contributed by atoms with Crippen LogP contribution in [0.2, 0.25) is 0 Å². The lowest BCUT2D eigenvalue weighted by atomic mass is 10.1. The first-order chi connectivity index (χ1) is 9.21. The summed E-state index contributed by atoms with van der Waals surface area (Å²) in [5.74, 6) is 1.38. The Labute approximate surface area is 129 Å². The van der Waals surface area contributed by atoms with Crippen molar-refractivity contribution in [3.05, 3.63) is 16.5 Å². The minimum Gasteiger partial charge on any atom is -0.358 e. The Morgan fingerprint density at radius 3 is 2.60 bits per heavy atom. The Bertz CT molecular complexity index is 471. The number of aromatic nitrogens is 2. The van der Waals surface area contributed by atoms with E-state index in [9.17, 15) is 4.79 Å². The Kier molecular flexibility index (Phi) is 5.92. The number of halogens is 1. The number of anilines is 1. The Balaban J connectivity index is 2.74. The smallest absolute Gasteiger partial charge is 0.242 e. The number of hydrogen-bond donors (Lipinski definition) is 2. The maximum absolute atomic E-state index is 12.0. The number of carbonyl (C=O) groups is 1. The van der Waals surface area contributed by atoms with E-state index in [1.54, 1.807) is 6.07 Å². The van der Waals surface area contributed by atoms with Crippen LogP contribution < -0.4 is 10.6 Å². The van der Waals surface area contributed by atoms with Gasteiger partial charge in [-0.3, -0.25) is 4.79 Å². The van der Waals surface area contributed by atoms with Gasteiger partial charge in [0.1, 0.15) is 22.3 Å². The van der Waals surface area contributed by atoms with Crippen LogP contribution in [0.15, 0.2) is 10.7 Å². The second-order valence-electron chi connectivity index (χ2n) is 5.85. The summed E-state index contributed by atoms with van der Waals surface area (Å²) in [6.07, 6.45) is 1.80. The van der Waals surface area contributed by atoms with Crippen molar-refractivity contribution >= 4 is 27.7 Å². The molecule has 1 unspecified atom stereocenters. The van der Waals surface area contributed by atoms with Crippen molar-refractivity contribution in [3.63, 3.8) is 0 Å². The van der Waals surface area contributed by atoms with Gasteiger partial charge in [0.25, 0.3) is 0 Å². The zero-order valence-electron chi connectivity index (χ0n) is 12.7. The number of carbonyl (C=O) groups excluding carboxylic acids is 1. The van der Waals surface area contributed by atoms with Crippen molar-refractivity contribution in [2.45, 2.75) is 59.0 Å². The summed E-state index contributed by atoms with van der Waals surface area (Å²) in [5.41, 5.74) is -0.243. The van der Waals surface area contributed by atoms with E-state index in [0.29, 0.717) is 5.82 Å². The topological polar surface area (TPSA) is 66.9 Å². The highest BCUT2D eigenvalue weighted by Gasteiger charge is 2.19. The SMILES string of the molecule is CCCc1nc(Br)cc(NC(C)C(=O)NC(C)(C)C)n1. The van der Waals surface area contributed by atoms with Gasteiger partial charge >= 0.3 is 0 Å². The van der Waals surface area contributed by atoms with Gasteiger partial charge < -0.3 is 10.6 Å². The number of nitrogens with zero attached hydrogens (tertiary/aromatic N) is 2. The van der Waals surface area contributed by atoms with Crippen molar-refractivity contribution in [1.82, 2.24) is 15.3 Å². The third kappa shape index (κ3) is 5.86. The number of hydrogen-bond acceptors (Lipinski definition) is 4. The lowest BCUT2D eigenvalue weighted by Crippen LogP contribution is -2.47. The van der Waals surface area contributed by atoms with Crippen LogP contribution >= 0.6 is 15.9 Å². The zero-order chi connectivity index (χ0) is 15.3. The van der Waals surface area contributed by atoms with Gasteiger partial charge in [-0.1, -0.05) is 6.92 Å². The molecule has 0 aliphatic carbocycles. The largest absolute Gasteiger partial charge is 0.358 e. The van der Waals surface area contributed by atoms with E-state index in [-0.39, 0.29) is 17.5 Å². The first kappa shape index (κ1) is 16.9. The van der Waals surface area contributed by atoms with E-state index in [4.69, 9.17) is 0 Å². The van der Waals surface area contributed by atoms with Crippen LogP contribution in [-0.4, -0.2) is 27.5 Å². The van der Waals surface area contributed by atoms with Crippen LogP contribution in [0.5, 0.6) is 0 Å². The molecule has 0 bridgehead atoms. The number of amides is 1. The fourth-order valence-corrected chi connectivity index (χ4v) is 2.06. The summed E-state index contributed by atoms with van der Waals surface area (Å²) in [4.78, 5) is 20.7. The molecule has 0 aliphatic heterocycles. The van der Waals surface area contributed by atoms with Crippen LogP contribution in [0.3, 0.4) is 0 Å². The molecular formula is C14H23BrN4O. The molecule has 1 amide bonds. The average molecular weight is 343 g/mol. The lowest BCUT2D eigenvalue weighted by Gasteiger charge is -2.24. The molecule has 2 N–H and O–H groups in total. The third-order valence-electron chi connectivity index (χ3n) is 2.47. The van der Waals surface area contributed by atoms with E-state index >= 15 is 0 Å². The van der Waals surface area contributed by atoms with Crippen molar-refractivity contribution in [1.29, 1.82) is 0 Å². The molecule has 1 rings (SSSR count). The predicted octanol–water partition coefficient (Wildman–Crippen LogP) is 2.91. The standard InChI is InChI=1S/C14H23BrN4O/c1-6-7-11-17-10(15)8-12(18-11)16-9(2)13(20)19-14(3,4)5/h8-9H,6-7H2,1-5H3,(H,19,20)(H,16,17,18). The van der Waals surface area contributed by atoms with Crippen LogP contribution in [0.25, 0.3) is 0 Å². The molecule has 0 saturated carbocycles. The molecule has 5 nitrogen and oxygen atoms in total. The fourth-order valence-electron chi connectivity index (χ4n) is 1.64. The van der Waals surface area contributed by atoms with Crippen LogP contribution in [0, 0.1) is 0 Å². The normalized spacial score (nSPS) is 12.9. The lowest BCUT2D eigenvalue weighted by molar-refractivity contribution is -0.122. The van der Waals surface area contributed by atoms with Gasteiger partial charge in [0.15, 0.2) is 0 Å². The molecule has 0 aromatic carbocycles. The molecule has 0 spiro atoms. The third-order valence-corrected chi connectivity index (χ3v) is 2.88. The molecule has 20 heavy (non-hydrogen) atoms. The van der Waals surface area contributed by atoms with Crippen molar-refractivity contribution in [3.8, 4) is 0 Å². The minimum absolute atomic E-state index is 0.0516. The van der Waals surface area contributed by atoms with Gasteiger partial charge in [-0.2, -0.15) is 0 Å². The molecule has 1 aromatic heterocycles. The maximum atomic E-state index is 12.0. The molecular weight excluding hydrogens is 320 g/mol. The van der Waals surface area contributed by atoms with Gasteiger partial charge in [0, 0.05) is 18.0 Å². The van der Waals surface area contributed by atoms with Crippen LogP contribution in [0.4, 0.5) is 5.82 Å². The second-order valence-corrected chi connectivity index (χ2v) is 6.66. The molecule has 0 aliphatic rings. The van der Waals surface area contributed by atoms with Crippen LogP contribution in [-0.2, 0) is 11.2 Å². The molecule has 0 fully saturated rings. The van der Waals surface area contributed by atoms with E-state index in [1.165, 1.54) is 0 Å². The molecule has 1 aromatic rings. The highest BCUT2D eigenvalue weighted by atomic mass is 79.9. The van der Waals surface area contributed by atoms with Gasteiger partial charge in [-0.25, -0.2) is 9.97 Å². The van der Waals surface area contributed by atoms with Gasteiger partial charge in [0.2, 0.25) is 5.91 Å². The quantitative estimate of drug-likeness (QED) is 0.807. The Hall–Kier alpha value is -1.17. The molecule has 0 radical (unpaired) electrons. The molecule has 1 heterocycles. The Morgan fingerprint density at radius 1 is 1.40 bits per heavy atom. The van der Waals surface area contributed by atoms with Gasteiger partial charge in [0.05, 0.1) is 0 Å². The highest BCUT2D eigenvalue weighted by Crippen LogP contribution is 2.14. The number of nitrogens with one attached hydrogen (secondary N) is 2. The van der Waals surface area contributed by atoms with Crippen molar-refractivity contribution < 1.29 is 4.79 Å². The first-order valence-corrected chi connectivity index (χ1v) is 7.62. The minimum atomic E-state index is -0.356. The summed E-state index contributed by atoms with van der Waals surface area (Å²) in [6.45, 7) is 9.77. The van der Waals surface area contributed by atoms with Gasteiger partial charge in [-0.05, 0) is 50.0 Å². The predicted molar refractivity (Wildman–Crippen MR) is 84.7 cm³/mol. The monoisotopic (exact) mass is 342 g/mol. The summed E-state index contributed by atoms with van der Waals surface area (Å²) in [6, 6.07) is 1.42. The van der Waals surface area contributed by atoms with E-state index in [2.05, 4.69) is 43.5 Å². The first-order valence-electron chi connectivity index (χ1n) is 6.83. The fraction of sp³-hybridized carbons (Fsp3) is 0.643. The van der Waals surface area contributed by atoms with E-state index < -0.39 is 0 Å². The van der Waals surface area contributed by atoms with Crippen molar-refractivity contribution in [2.24, 2.45) is 0 Å². The molecule has 1 atom stereocenters. The zero-order valence-corrected chi connectivity index (χ0v) is 14.3. The number of rotatable bonds is 5. The average Bonchev–Trinajstić information content (AvgIpc) is 2.26. The van der Waals surface area contributed by atoms with E-state index in [0.717, 1.165) is 23.3 Å². The second kappa shape index (κ2) is 7.02. The summed E-state index contributed by atoms with van der Waals surface area (Å²) in [5, 5.41) is 6.05. The summed E-state index contributed by atoms with van der Waals surface area (Å²) >= 11 is 3.37. The van der Waals surface area contributed by atoms with E-state index in [1.807, 2.05) is 27.7 Å². The molecule has 112 valence electrons. The number of aryl methyl sites for hydroxylation is 1. The summed E-state index contributed by atoms with van der Waals surface area (Å²) in [7, 11) is 0. The molecule has 0 saturated heterocycles.